The highest BCUT2D eigenvalue weighted by Gasteiger charge is 2.55. The number of urea groups is 1. The number of aliphatic hydroxyl groups is 1. The monoisotopic (exact) mass is 366 g/mol. The second-order valence-electron chi connectivity index (χ2n) is 5.92. The summed E-state index contributed by atoms with van der Waals surface area (Å²) in [4.78, 5) is 11.8. The van der Waals surface area contributed by atoms with Crippen molar-refractivity contribution >= 4 is 6.03 Å². The van der Waals surface area contributed by atoms with Crippen molar-refractivity contribution in [2.24, 2.45) is 0 Å². The molecule has 3 N–H and O–H groups in total. The Morgan fingerprint density at radius 2 is 1.50 bits per heavy atom. The summed E-state index contributed by atoms with van der Waals surface area (Å²) in [5.74, 6) is 0. The van der Waals surface area contributed by atoms with E-state index in [9.17, 15) is 23.1 Å². The van der Waals surface area contributed by atoms with E-state index in [1.54, 1.807) is 6.07 Å². The van der Waals surface area contributed by atoms with Crippen molar-refractivity contribution in [3.63, 3.8) is 0 Å². The molecule has 0 aromatic heterocycles. The van der Waals surface area contributed by atoms with Crippen molar-refractivity contribution in [3.8, 4) is 0 Å². The fourth-order valence-corrected chi connectivity index (χ4v) is 2.49. The van der Waals surface area contributed by atoms with Gasteiger partial charge in [0.1, 0.15) is 0 Å². The molecule has 0 aliphatic rings. The maximum Gasteiger partial charge on any atom is 0.423 e. The van der Waals surface area contributed by atoms with Gasteiger partial charge < -0.3 is 15.7 Å². The van der Waals surface area contributed by atoms with Gasteiger partial charge in [0.25, 0.3) is 0 Å². The molecule has 26 heavy (non-hydrogen) atoms. The molecule has 7 heteroatoms. The minimum Gasteiger partial charge on any atom is -0.375 e. The minimum absolute atomic E-state index is 0.316. The van der Waals surface area contributed by atoms with Gasteiger partial charge in [-0.1, -0.05) is 60.7 Å². The van der Waals surface area contributed by atoms with Gasteiger partial charge in [-0.3, -0.25) is 0 Å². The number of alkyl halides is 3. The van der Waals surface area contributed by atoms with Gasteiger partial charge in [-0.05, 0) is 24.0 Å². The molecule has 0 fully saturated rings. The molecule has 0 spiro atoms. The largest absolute Gasteiger partial charge is 0.423 e. The molecule has 2 amide bonds. The van der Waals surface area contributed by atoms with Gasteiger partial charge in [-0.2, -0.15) is 13.2 Å². The molecule has 140 valence electrons. The molecule has 2 aromatic rings. The SMILES string of the molecule is O=C(NCCCc1ccccc1)NC[C@@](O)(c1ccccc1)C(F)(F)F. The lowest BCUT2D eigenvalue weighted by atomic mass is 9.93. The Labute approximate surface area is 150 Å². The van der Waals surface area contributed by atoms with Crippen molar-refractivity contribution in [1.29, 1.82) is 0 Å². The Kier molecular flexibility index (Phi) is 6.63. The average molecular weight is 366 g/mol. The van der Waals surface area contributed by atoms with Crippen molar-refractivity contribution in [2.75, 3.05) is 13.1 Å². The van der Waals surface area contributed by atoms with Gasteiger partial charge in [0.15, 0.2) is 0 Å². The smallest absolute Gasteiger partial charge is 0.375 e. The minimum atomic E-state index is -4.92. The summed E-state index contributed by atoms with van der Waals surface area (Å²) < 4.78 is 39.9. The molecule has 2 aromatic carbocycles. The third kappa shape index (κ3) is 5.23. The van der Waals surface area contributed by atoms with Crippen LogP contribution >= 0.6 is 0 Å². The number of hydrogen-bond acceptors (Lipinski definition) is 2. The van der Waals surface area contributed by atoms with Crippen LogP contribution in [0.5, 0.6) is 0 Å². The van der Waals surface area contributed by atoms with E-state index in [1.165, 1.54) is 24.3 Å². The van der Waals surface area contributed by atoms with E-state index in [2.05, 4.69) is 10.6 Å². The molecule has 0 aliphatic carbocycles. The van der Waals surface area contributed by atoms with Crippen LogP contribution in [-0.2, 0) is 12.0 Å². The van der Waals surface area contributed by atoms with Crippen LogP contribution in [0.1, 0.15) is 17.5 Å². The molecule has 2 rings (SSSR count). The molecule has 0 unspecified atom stereocenters. The van der Waals surface area contributed by atoms with Gasteiger partial charge in [0, 0.05) is 6.54 Å². The lowest BCUT2D eigenvalue weighted by Crippen LogP contribution is -2.52. The highest BCUT2D eigenvalue weighted by Crippen LogP contribution is 2.38. The number of nitrogens with one attached hydrogen (secondary N) is 2. The van der Waals surface area contributed by atoms with Crippen LogP contribution in [0.4, 0.5) is 18.0 Å². The quantitative estimate of drug-likeness (QED) is 0.658. The number of amides is 2. The summed E-state index contributed by atoms with van der Waals surface area (Å²) in [6.45, 7) is -0.651. The number of rotatable bonds is 7. The Morgan fingerprint density at radius 1 is 0.923 bits per heavy atom. The van der Waals surface area contributed by atoms with Gasteiger partial charge >= 0.3 is 12.2 Å². The van der Waals surface area contributed by atoms with Crippen molar-refractivity contribution in [2.45, 2.75) is 24.6 Å². The van der Waals surface area contributed by atoms with E-state index in [0.29, 0.717) is 13.0 Å². The van der Waals surface area contributed by atoms with Crippen LogP contribution in [0.25, 0.3) is 0 Å². The second kappa shape index (κ2) is 8.71. The lowest BCUT2D eigenvalue weighted by Gasteiger charge is -2.31. The average Bonchev–Trinajstić information content (AvgIpc) is 2.64. The number of hydrogen-bond donors (Lipinski definition) is 3. The first-order chi connectivity index (χ1) is 12.3. The van der Waals surface area contributed by atoms with E-state index >= 15 is 0 Å². The van der Waals surface area contributed by atoms with Gasteiger partial charge in [-0.15, -0.1) is 0 Å². The highest BCUT2D eigenvalue weighted by molar-refractivity contribution is 5.73. The third-order valence-corrected chi connectivity index (χ3v) is 4.00. The van der Waals surface area contributed by atoms with Crippen LogP contribution in [-0.4, -0.2) is 30.4 Å². The van der Waals surface area contributed by atoms with Crippen molar-refractivity contribution < 1.29 is 23.1 Å². The third-order valence-electron chi connectivity index (χ3n) is 4.00. The maximum atomic E-state index is 13.3. The maximum absolute atomic E-state index is 13.3. The lowest BCUT2D eigenvalue weighted by molar-refractivity contribution is -0.263. The van der Waals surface area contributed by atoms with E-state index < -0.39 is 24.4 Å². The second-order valence-corrected chi connectivity index (χ2v) is 5.92. The Morgan fingerprint density at radius 3 is 2.08 bits per heavy atom. The number of benzene rings is 2. The zero-order valence-corrected chi connectivity index (χ0v) is 14.1. The first-order valence-electron chi connectivity index (χ1n) is 8.23. The number of halogens is 3. The van der Waals surface area contributed by atoms with Gasteiger partial charge in [-0.25, -0.2) is 4.79 Å². The van der Waals surface area contributed by atoms with Crippen LogP contribution in [0.2, 0.25) is 0 Å². The van der Waals surface area contributed by atoms with Crippen molar-refractivity contribution in [3.05, 3.63) is 71.8 Å². The molecular weight excluding hydrogens is 345 g/mol. The molecule has 1 atom stereocenters. The summed E-state index contributed by atoms with van der Waals surface area (Å²) >= 11 is 0. The number of carbonyl (C=O) groups is 1. The zero-order chi connectivity index (χ0) is 19.0. The van der Waals surface area contributed by atoms with E-state index in [-0.39, 0.29) is 5.56 Å². The topological polar surface area (TPSA) is 61.4 Å². The Balaban J connectivity index is 1.84. The molecule has 0 radical (unpaired) electrons. The summed E-state index contributed by atoms with van der Waals surface area (Å²) in [7, 11) is 0. The normalized spacial score (nSPS) is 13.7. The summed E-state index contributed by atoms with van der Waals surface area (Å²) in [6.07, 6.45) is -3.52. The van der Waals surface area contributed by atoms with Crippen LogP contribution in [0, 0.1) is 0 Å². The summed E-state index contributed by atoms with van der Waals surface area (Å²) in [5, 5.41) is 14.7. The predicted molar refractivity (Wildman–Crippen MR) is 92.6 cm³/mol. The molecular formula is C19H21F3N2O2. The first kappa shape index (κ1) is 19.8. The van der Waals surface area contributed by atoms with E-state index in [0.717, 1.165) is 12.0 Å². The fraction of sp³-hybridized carbons (Fsp3) is 0.316. The summed E-state index contributed by atoms with van der Waals surface area (Å²) in [5.41, 5.74) is -2.35. The number of carbonyl (C=O) groups excluding carboxylic acids is 1. The van der Waals surface area contributed by atoms with E-state index in [4.69, 9.17) is 0 Å². The molecule has 0 bridgehead atoms. The zero-order valence-electron chi connectivity index (χ0n) is 14.1. The summed E-state index contributed by atoms with van der Waals surface area (Å²) in [6, 6.07) is 15.6. The van der Waals surface area contributed by atoms with Crippen LogP contribution < -0.4 is 10.6 Å². The molecule has 4 nitrogen and oxygen atoms in total. The van der Waals surface area contributed by atoms with Gasteiger partial charge in [0.2, 0.25) is 5.60 Å². The van der Waals surface area contributed by atoms with Crippen LogP contribution in [0.3, 0.4) is 0 Å². The first-order valence-corrected chi connectivity index (χ1v) is 8.23. The molecule has 0 saturated carbocycles. The highest BCUT2D eigenvalue weighted by atomic mass is 19.4. The molecule has 0 aliphatic heterocycles. The molecule has 0 saturated heterocycles. The molecule has 0 heterocycles. The van der Waals surface area contributed by atoms with Gasteiger partial charge in [0.05, 0.1) is 6.54 Å². The fourth-order valence-electron chi connectivity index (χ4n) is 2.49. The van der Waals surface area contributed by atoms with Crippen molar-refractivity contribution in [1.82, 2.24) is 10.6 Å². The predicted octanol–water partition coefficient (Wildman–Crippen LogP) is 3.37. The van der Waals surface area contributed by atoms with Crippen LogP contribution in [0.15, 0.2) is 60.7 Å². The number of aryl methyl sites for hydroxylation is 1. The van der Waals surface area contributed by atoms with E-state index in [1.807, 2.05) is 30.3 Å². The Bertz CT molecular complexity index is 693. The standard InChI is InChI=1S/C19H21F3N2O2/c20-19(21,22)18(26,16-11-5-2-6-12-16)14-24-17(25)23-13-7-10-15-8-3-1-4-9-15/h1-6,8-9,11-12,26H,7,10,13-14H2,(H2,23,24,25)/t18-/m1/s1. The Hall–Kier alpha value is -2.54.